The summed E-state index contributed by atoms with van der Waals surface area (Å²) in [5, 5.41) is 6.81. The van der Waals surface area contributed by atoms with Crippen LogP contribution in [0.1, 0.15) is 64.0 Å². The number of aromatic amines is 1. The van der Waals surface area contributed by atoms with Gasteiger partial charge in [-0.1, -0.05) is 6.07 Å². The number of ether oxygens (including phenoxy) is 1. The van der Waals surface area contributed by atoms with Gasteiger partial charge in [-0.25, -0.2) is 4.98 Å². The first kappa shape index (κ1) is 21.0. The van der Waals surface area contributed by atoms with Crippen LogP contribution in [0.25, 0.3) is 33.1 Å². The van der Waals surface area contributed by atoms with Gasteiger partial charge in [0.2, 0.25) is 0 Å². The first-order valence-electron chi connectivity index (χ1n) is 11.3. The number of carbonyl (C=O) groups is 3. The average Bonchev–Trinajstić information content (AvgIpc) is 3.51. The summed E-state index contributed by atoms with van der Waals surface area (Å²) in [6.07, 6.45) is 2.80. The van der Waals surface area contributed by atoms with Crippen molar-refractivity contribution in [1.29, 1.82) is 0 Å². The van der Waals surface area contributed by atoms with Crippen molar-refractivity contribution in [3.63, 3.8) is 0 Å². The zero-order valence-electron chi connectivity index (χ0n) is 19.1. The fraction of sp³-hybridized carbons (Fsp3) is 0.308. The maximum Gasteiger partial charge on any atom is 0.313 e. The number of amides is 2. The highest BCUT2D eigenvalue weighted by molar-refractivity contribution is 7.10. The molecular weight excluding hydrogens is 450 g/mol. The summed E-state index contributed by atoms with van der Waals surface area (Å²) >= 11 is 1.42. The van der Waals surface area contributed by atoms with E-state index >= 15 is 0 Å². The van der Waals surface area contributed by atoms with Crippen LogP contribution < -0.4 is 5.32 Å². The van der Waals surface area contributed by atoms with Crippen molar-refractivity contribution in [2.24, 2.45) is 0 Å². The van der Waals surface area contributed by atoms with Crippen LogP contribution >= 0.6 is 11.3 Å². The molecule has 1 aliphatic carbocycles. The molecule has 0 unspecified atom stereocenters. The van der Waals surface area contributed by atoms with Crippen molar-refractivity contribution in [1.82, 2.24) is 15.3 Å². The summed E-state index contributed by atoms with van der Waals surface area (Å²) in [6, 6.07) is 5.98. The molecule has 1 aliphatic heterocycles. The van der Waals surface area contributed by atoms with E-state index in [2.05, 4.69) is 15.3 Å². The van der Waals surface area contributed by atoms with E-state index in [0.29, 0.717) is 16.1 Å². The lowest BCUT2D eigenvalue weighted by Gasteiger charge is -2.18. The number of nitrogens with one attached hydrogen (secondary N) is 2. The predicted octanol–water partition coefficient (Wildman–Crippen LogP) is 4.70. The molecule has 0 atom stereocenters. The SMILES string of the molecule is CC(C)(C)OC(=O)Cc1nc(-c2ccc3[nH]c4c5c(c6c(c4c3c2)C(=O)NC6=O)CCC5)cs1. The standard InChI is InChI=1S/C26H23N3O4S/c1-26(2,3)33-19(30)10-18-27-17(11-34-18)12-7-8-16-15(9-12)20-22-21(24(31)29-25(22)32)13-5-4-6-14(13)23(20)28-16/h7-9,11,28H,4-6,10H2,1-3H3,(H,29,31,32). The number of carbonyl (C=O) groups excluding carboxylic acids is 3. The van der Waals surface area contributed by atoms with Gasteiger partial charge in [0.15, 0.2) is 0 Å². The number of esters is 1. The van der Waals surface area contributed by atoms with E-state index in [1.54, 1.807) is 0 Å². The van der Waals surface area contributed by atoms with Crippen molar-refractivity contribution in [3.05, 3.63) is 50.8 Å². The fourth-order valence-electron chi connectivity index (χ4n) is 5.14. The van der Waals surface area contributed by atoms with Crippen molar-refractivity contribution in [2.45, 2.75) is 52.1 Å². The lowest BCUT2D eigenvalue weighted by molar-refractivity contribution is -0.153. The Balaban J connectivity index is 1.46. The summed E-state index contributed by atoms with van der Waals surface area (Å²) in [4.78, 5) is 45.8. The molecule has 6 rings (SSSR count). The normalized spacial score (nSPS) is 15.1. The molecule has 172 valence electrons. The number of aryl methyl sites for hydroxylation is 1. The molecule has 4 aromatic rings. The van der Waals surface area contributed by atoms with Gasteiger partial charge in [0.05, 0.1) is 28.8 Å². The Morgan fingerprint density at radius 3 is 2.68 bits per heavy atom. The maximum atomic E-state index is 12.8. The molecular formula is C26H23N3O4S. The lowest BCUT2D eigenvalue weighted by atomic mass is 9.93. The van der Waals surface area contributed by atoms with Crippen LogP contribution in [-0.2, 0) is 28.8 Å². The van der Waals surface area contributed by atoms with Gasteiger partial charge in [0, 0.05) is 27.2 Å². The van der Waals surface area contributed by atoms with Gasteiger partial charge in [0.1, 0.15) is 10.6 Å². The van der Waals surface area contributed by atoms with Crippen molar-refractivity contribution < 1.29 is 19.1 Å². The number of hydrogen-bond acceptors (Lipinski definition) is 6. The number of aromatic nitrogens is 2. The van der Waals surface area contributed by atoms with Gasteiger partial charge in [0.25, 0.3) is 11.8 Å². The number of imide groups is 1. The van der Waals surface area contributed by atoms with E-state index < -0.39 is 5.60 Å². The monoisotopic (exact) mass is 473 g/mol. The van der Waals surface area contributed by atoms with E-state index in [9.17, 15) is 14.4 Å². The van der Waals surface area contributed by atoms with E-state index in [4.69, 9.17) is 4.74 Å². The number of hydrogen-bond donors (Lipinski definition) is 2. The van der Waals surface area contributed by atoms with Gasteiger partial charge in [-0.2, -0.15) is 0 Å². The highest BCUT2D eigenvalue weighted by Crippen LogP contribution is 2.42. The summed E-state index contributed by atoms with van der Waals surface area (Å²) in [5.74, 6) is -0.934. The number of H-pyrrole nitrogens is 1. The molecule has 2 aromatic carbocycles. The van der Waals surface area contributed by atoms with Gasteiger partial charge in [-0.05, 0) is 63.3 Å². The molecule has 2 aliphatic rings. The Morgan fingerprint density at radius 2 is 1.88 bits per heavy atom. The van der Waals surface area contributed by atoms with Crippen LogP contribution in [0.5, 0.6) is 0 Å². The van der Waals surface area contributed by atoms with Crippen molar-refractivity contribution in [2.75, 3.05) is 0 Å². The maximum absolute atomic E-state index is 12.8. The number of thiazole rings is 1. The van der Waals surface area contributed by atoms with Crippen LogP contribution in [0.3, 0.4) is 0 Å². The number of nitrogens with zero attached hydrogens (tertiary/aromatic N) is 1. The summed E-state index contributed by atoms with van der Waals surface area (Å²) in [6.45, 7) is 5.53. The Bertz CT molecular complexity index is 1550. The van der Waals surface area contributed by atoms with Crippen LogP contribution in [-0.4, -0.2) is 33.4 Å². The number of rotatable bonds is 3. The Labute approximate surface area is 199 Å². The van der Waals surface area contributed by atoms with E-state index in [-0.39, 0.29) is 24.2 Å². The molecule has 2 N–H and O–H groups in total. The van der Waals surface area contributed by atoms with Crippen LogP contribution in [0.15, 0.2) is 23.6 Å². The molecule has 7 nitrogen and oxygen atoms in total. The van der Waals surface area contributed by atoms with Crippen LogP contribution in [0.4, 0.5) is 0 Å². The first-order valence-corrected chi connectivity index (χ1v) is 12.2. The summed E-state index contributed by atoms with van der Waals surface area (Å²) in [7, 11) is 0. The minimum Gasteiger partial charge on any atom is -0.460 e. The molecule has 0 saturated heterocycles. The molecule has 3 heterocycles. The van der Waals surface area contributed by atoms with Gasteiger partial charge >= 0.3 is 5.97 Å². The molecule has 0 spiro atoms. The minimum atomic E-state index is -0.536. The largest absolute Gasteiger partial charge is 0.460 e. The average molecular weight is 474 g/mol. The number of fused-ring (bicyclic) bond motifs is 8. The molecule has 2 aromatic heterocycles. The fourth-order valence-corrected chi connectivity index (χ4v) is 5.93. The quantitative estimate of drug-likeness (QED) is 0.332. The third-order valence-corrected chi connectivity index (χ3v) is 7.21. The second-order valence-electron chi connectivity index (χ2n) is 9.87. The van der Waals surface area contributed by atoms with Crippen LogP contribution in [0.2, 0.25) is 0 Å². The minimum absolute atomic E-state index is 0.124. The molecule has 0 saturated carbocycles. The molecule has 0 bridgehead atoms. The van der Waals surface area contributed by atoms with Crippen molar-refractivity contribution in [3.8, 4) is 11.3 Å². The highest BCUT2D eigenvalue weighted by Gasteiger charge is 2.36. The van der Waals surface area contributed by atoms with Crippen molar-refractivity contribution >= 4 is 50.9 Å². The third-order valence-electron chi connectivity index (χ3n) is 6.36. The zero-order valence-corrected chi connectivity index (χ0v) is 19.9. The third kappa shape index (κ3) is 3.24. The van der Waals surface area contributed by atoms with Crippen LogP contribution in [0, 0.1) is 0 Å². The zero-order chi connectivity index (χ0) is 23.8. The highest BCUT2D eigenvalue weighted by atomic mass is 32.1. The lowest BCUT2D eigenvalue weighted by Crippen LogP contribution is -2.24. The van der Waals surface area contributed by atoms with E-state index in [0.717, 1.165) is 63.5 Å². The molecule has 0 radical (unpaired) electrons. The van der Waals surface area contributed by atoms with Gasteiger partial charge in [-0.15, -0.1) is 11.3 Å². The Hall–Kier alpha value is -3.52. The predicted molar refractivity (Wildman–Crippen MR) is 130 cm³/mol. The van der Waals surface area contributed by atoms with E-state index in [1.807, 2.05) is 44.4 Å². The van der Waals surface area contributed by atoms with Gasteiger partial charge in [-0.3, -0.25) is 19.7 Å². The Morgan fingerprint density at radius 1 is 1.12 bits per heavy atom. The van der Waals surface area contributed by atoms with Gasteiger partial charge < -0.3 is 9.72 Å². The molecule has 34 heavy (non-hydrogen) atoms. The Kier molecular flexibility index (Phi) is 4.48. The number of benzene rings is 2. The summed E-state index contributed by atoms with van der Waals surface area (Å²) < 4.78 is 5.41. The molecule has 2 amide bonds. The second-order valence-corrected chi connectivity index (χ2v) is 10.8. The van der Waals surface area contributed by atoms with E-state index in [1.165, 1.54) is 11.3 Å². The smallest absolute Gasteiger partial charge is 0.313 e. The topological polar surface area (TPSA) is 101 Å². The first-order chi connectivity index (χ1) is 16.2. The molecule has 0 fully saturated rings. The molecule has 8 heteroatoms. The second kappa shape index (κ2) is 7.24. The summed E-state index contributed by atoms with van der Waals surface area (Å²) in [5.41, 5.74) is 6.15.